The molecule has 0 saturated carbocycles. The Morgan fingerprint density at radius 1 is 0.966 bits per heavy atom. The molecule has 0 aliphatic carbocycles. The monoisotopic (exact) mass is 387 g/mol. The minimum absolute atomic E-state index is 0.0507. The van der Waals surface area contributed by atoms with Gasteiger partial charge in [-0.2, -0.15) is 10.8 Å². The van der Waals surface area contributed by atoms with Gasteiger partial charge in [0.2, 0.25) is 5.70 Å². The van der Waals surface area contributed by atoms with Gasteiger partial charge in [0.1, 0.15) is 23.4 Å². The number of fused-ring (bicyclic) bond motifs is 1. The highest BCUT2D eigenvalue weighted by Crippen LogP contribution is 2.37. The summed E-state index contributed by atoms with van der Waals surface area (Å²) in [7, 11) is 0. The summed E-state index contributed by atoms with van der Waals surface area (Å²) in [6.07, 6.45) is 7.37. The first-order valence-corrected chi connectivity index (χ1v) is 9.87. The number of nitrogens with two attached hydrogens (primary N) is 1. The molecule has 2 N–H and O–H groups in total. The van der Waals surface area contributed by atoms with Gasteiger partial charge in [-0.25, -0.2) is 0 Å². The van der Waals surface area contributed by atoms with Gasteiger partial charge in [0.25, 0.3) is 5.84 Å². The first-order valence-electron chi connectivity index (χ1n) is 9.87. The van der Waals surface area contributed by atoms with Gasteiger partial charge in [-0.05, 0) is 49.2 Å². The molecule has 3 heterocycles. The number of rotatable bonds is 4. The second-order valence-electron chi connectivity index (χ2n) is 7.39. The average molecular weight is 387 g/mol. The molecule has 0 bridgehead atoms. The van der Waals surface area contributed by atoms with Crippen molar-refractivity contribution in [2.75, 3.05) is 13.2 Å². The van der Waals surface area contributed by atoms with Crippen LogP contribution in [-0.4, -0.2) is 29.9 Å². The number of amidine groups is 1. The summed E-state index contributed by atoms with van der Waals surface area (Å²) in [6, 6.07) is 17.7. The fourth-order valence-electron chi connectivity index (χ4n) is 3.97. The molecule has 0 radical (unpaired) electrons. The van der Waals surface area contributed by atoms with Crippen molar-refractivity contribution in [3.05, 3.63) is 84.0 Å². The molecule has 3 aliphatic rings. The number of benzene rings is 2. The minimum atomic E-state index is 0.0507. The maximum Gasteiger partial charge on any atom is 0.264 e. The highest BCUT2D eigenvalue weighted by molar-refractivity contribution is 6.00. The Kier molecular flexibility index (Phi) is 4.60. The van der Waals surface area contributed by atoms with Crippen LogP contribution in [0.2, 0.25) is 0 Å². The van der Waals surface area contributed by atoms with Crippen molar-refractivity contribution in [2.45, 2.75) is 12.8 Å². The molecule has 29 heavy (non-hydrogen) atoms. The lowest BCUT2D eigenvalue weighted by Gasteiger charge is -2.27. The molecule has 1 unspecified atom stereocenters. The van der Waals surface area contributed by atoms with E-state index in [1.807, 2.05) is 67.0 Å². The maximum atomic E-state index is 6.81. The van der Waals surface area contributed by atoms with E-state index in [2.05, 4.69) is 4.99 Å². The van der Waals surface area contributed by atoms with Gasteiger partial charge < -0.3 is 9.47 Å². The van der Waals surface area contributed by atoms with E-state index in [0.29, 0.717) is 5.92 Å². The highest BCUT2D eigenvalue weighted by Gasteiger charge is 2.45. The van der Waals surface area contributed by atoms with Gasteiger partial charge in [-0.3, -0.25) is 4.99 Å². The molecule has 6 heteroatoms. The van der Waals surface area contributed by atoms with E-state index in [0.717, 1.165) is 60.3 Å². The molecule has 2 aromatic carbocycles. The Bertz CT molecular complexity index is 1020. The molecule has 2 aromatic rings. The molecule has 0 aromatic heterocycles. The van der Waals surface area contributed by atoms with E-state index in [9.17, 15) is 0 Å². The van der Waals surface area contributed by atoms with Crippen LogP contribution in [0.1, 0.15) is 18.4 Å². The molecule has 1 fully saturated rings. The van der Waals surface area contributed by atoms with Gasteiger partial charge in [-0.1, -0.05) is 18.2 Å². The number of allylic oxidation sites excluding steroid dienone is 2. The van der Waals surface area contributed by atoms with Crippen LogP contribution >= 0.6 is 0 Å². The van der Waals surface area contributed by atoms with E-state index in [1.54, 1.807) is 6.20 Å². The smallest absolute Gasteiger partial charge is 0.264 e. The zero-order valence-electron chi connectivity index (χ0n) is 16.1. The molecular weight excluding hydrogens is 364 g/mol. The molecule has 3 aliphatic heterocycles. The van der Waals surface area contributed by atoms with Gasteiger partial charge in [0, 0.05) is 19.1 Å². The van der Waals surface area contributed by atoms with E-state index in [4.69, 9.17) is 20.3 Å². The van der Waals surface area contributed by atoms with Crippen LogP contribution in [0.5, 0.6) is 11.5 Å². The molecule has 146 valence electrons. The molecule has 5 rings (SSSR count). The number of hydrogen-bond donors (Lipinski definition) is 1. The van der Waals surface area contributed by atoms with Crippen molar-refractivity contribution >= 4 is 12.1 Å². The Labute approximate surface area is 169 Å². The van der Waals surface area contributed by atoms with Crippen LogP contribution in [0.3, 0.4) is 0 Å². The van der Waals surface area contributed by atoms with Crippen LogP contribution in [0.4, 0.5) is 0 Å². The summed E-state index contributed by atoms with van der Waals surface area (Å²) in [5, 5.41) is 0. The topological polar surface area (TPSA) is 69.2 Å². The van der Waals surface area contributed by atoms with Crippen LogP contribution in [0, 0.1) is 5.92 Å². The number of nitrogens with zero attached hydrogens (tertiary/aromatic N) is 3. The first-order chi connectivity index (χ1) is 14.2. The Hall–Kier alpha value is -3.06. The Balaban J connectivity index is 1.45. The summed E-state index contributed by atoms with van der Waals surface area (Å²) in [5.74, 6) is 9.53. The van der Waals surface area contributed by atoms with Crippen molar-refractivity contribution < 1.29 is 14.1 Å². The van der Waals surface area contributed by atoms with E-state index < -0.39 is 0 Å². The molecule has 1 saturated heterocycles. The quantitative estimate of drug-likeness (QED) is 0.634. The Morgan fingerprint density at radius 2 is 1.69 bits per heavy atom. The summed E-state index contributed by atoms with van der Waals surface area (Å²) in [5.41, 5.74) is 2.94. The third kappa shape index (κ3) is 3.31. The molecular formula is C23H23N4O2+. The van der Waals surface area contributed by atoms with Crippen molar-refractivity contribution in [1.82, 2.24) is 0 Å². The van der Waals surface area contributed by atoms with Gasteiger partial charge in [0.15, 0.2) is 0 Å². The standard InChI is InChI=1S/C23H23N4O2/c24-27-13-12-25-16-21(27)22(17-10-14-28-15-11-17)26-23(27)18-6-8-20(9-7-18)29-19-4-2-1-3-5-19/h1-9,12-13,16-17H,10-11,14-15,24H2/q+1. The first kappa shape index (κ1) is 18.0. The van der Waals surface area contributed by atoms with E-state index in [-0.39, 0.29) is 4.59 Å². The summed E-state index contributed by atoms with van der Waals surface area (Å²) in [6.45, 7) is 1.52. The highest BCUT2D eigenvalue weighted by atomic mass is 16.5. The van der Waals surface area contributed by atoms with Crippen LogP contribution in [0.15, 0.2) is 88.4 Å². The third-order valence-electron chi connectivity index (χ3n) is 5.52. The number of hydrogen-bond acceptors (Lipinski definition) is 5. The normalized spacial score (nSPS) is 23.8. The lowest BCUT2D eigenvalue weighted by atomic mass is 9.95. The predicted octanol–water partition coefficient (Wildman–Crippen LogP) is 4.12. The SMILES string of the molecule is N[N+]12C=CN=CC1=C(C1CCOCC1)N=C2c1ccc(Oc2ccccc2)cc1. The lowest BCUT2D eigenvalue weighted by Crippen LogP contribution is -2.53. The molecule has 0 amide bonds. The largest absolute Gasteiger partial charge is 0.457 e. The zero-order chi connectivity index (χ0) is 19.7. The minimum Gasteiger partial charge on any atom is -0.457 e. The third-order valence-corrected chi connectivity index (χ3v) is 5.52. The molecule has 1 atom stereocenters. The summed E-state index contributed by atoms with van der Waals surface area (Å²) < 4.78 is 11.5. The predicted molar refractivity (Wildman–Crippen MR) is 112 cm³/mol. The Morgan fingerprint density at radius 3 is 2.45 bits per heavy atom. The van der Waals surface area contributed by atoms with Gasteiger partial charge >= 0.3 is 0 Å². The number of quaternary nitrogens is 1. The van der Waals surface area contributed by atoms with Crippen LogP contribution < -0.4 is 10.6 Å². The van der Waals surface area contributed by atoms with Crippen LogP contribution in [-0.2, 0) is 4.74 Å². The van der Waals surface area contributed by atoms with Crippen molar-refractivity contribution in [1.29, 1.82) is 0 Å². The maximum absolute atomic E-state index is 6.81. The van der Waals surface area contributed by atoms with Gasteiger partial charge in [0.05, 0.1) is 18.0 Å². The summed E-state index contributed by atoms with van der Waals surface area (Å²) in [4.78, 5) is 9.33. The van der Waals surface area contributed by atoms with Crippen LogP contribution in [0.25, 0.3) is 0 Å². The lowest BCUT2D eigenvalue weighted by molar-refractivity contribution is -0.750. The van der Waals surface area contributed by atoms with Crippen molar-refractivity contribution in [3.63, 3.8) is 0 Å². The van der Waals surface area contributed by atoms with E-state index >= 15 is 0 Å². The second kappa shape index (κ2) is 7.40. The van der Waals surface area contributed by atoms with Crippen molar-refractivity contribution in [3.8, 4) is 11.5 Å². The summed E-state index contributed by atoms with van der Waals surface area (Å²) >= 11 is 0. The average Bonchev–Trinajstić information content (AvgIpc) is 3.09. The van der Waals surface area contributed by atoms with Crippen molar-refractivity contribution in [2.24, 2.45) is 21.7 Å². The fourth-order valence-corrected chi connectivity index (χ4v) is 3.97. The number of para-hydroxylation sites is 1. The molecule has 0 spiro atoms. The zero-order valence-corrected chi connectivity index (χ0v) is 16.1. The van der Waals surface area contributed by atoms with E-state index in [1.165, 1.54) is 0 Å². The van der Waals surface area contributed by atoms with Gasteiger partial charge in [-0.15, -0.1) is 4.59 Å². The molecule has 6 nitrogen and oxygen atoms in total. The number of aliphatic imine (C=N–C) groups is 2. The number of ether oxygens (including phenoxy) is 2. The fraction of sp³-hybridized carbons (Fsp3) is 0.217. The second-order valence-corrected chi connectivity index (χ2v) is 7.39.